The van der Waals surface area contributed by atoms with E-state index in [9.17, 15) is 9.59 Å². The van der Waals surface area contributed by atoms with Crippen molar-refractivity contribution in [3.63, 3.8) is 0 Å². The standard InChI is InChI=1S/C36H41BN2O4Si/c1-23-27-19-36(34(40)42-3,35(41)43-4)20-28(27)24(2)33(29(23)22-44(5,6)7)37-38-30-17-11-15-26-16-12-18-31(32(26)30)39(37)21-25-13-9-8-10-14-25/h8-18,38H,19-22H2,1-7H3. The number of nitrogens with zero attached hydrogens (tertiary/aromatic N) is 1. The molecule has 0 bridgehead atoms. The van der Waals surface area contributed by atoms with E-state index in [1.165, 1.54) is 52.8 Å². The summed E-state index contributed by atoms with van der Waals surface area (Å²) in [6.07, 6.45) is 0.563. The fraction of sp³-hybridized carbons (Fsp3) is 0.333. The Kier molecular flexibility index (Phi) is 7.60. The molecule has 0 saturated carbocycles. The van der Waals surface area contributed by atoms with Crippen LogP contribution in [-0.4, -0.2) is 41.2 Å². The van der Waals surface area contributed by atoms with Gasteiger partial charge in [0.05, 0.1) is 14.2 Å². The fourth-order valence-electron chi connectivity index (χ4n) is 7.49. The minimum Gasteiger partial charge on any atom is -0.468 e. The third-order valence-electron chi connectivity index (χ3n) is 9.53. The molecule has 0 radical (unpaired) electrons. The maximum Gasteiger partial charge on any atom is 0.409 e. The number of fused-ring (bicyclic) bond motifs is 1. The molecule has 0 amide bonds. The molecule has 44 heavy (non-hydrogen) atoms. The van der Waals surface area contributed by atoms with Crippen LogP contribution in [0.4, 0.5) is 11.4 Å². The van der Waals surface area contributed by atoms with Crippen molar-refractivity contribution in [3.8, 4) is 0 Å². The highest BCUT2D eigenvalue weighted by Gasteiger charge is 2.54. The number of ether oxygens (including phenoxy) is 2. The van der Waals surface area contributed by atoms with E-state index < -0.39 is 25.4 Å². The van der Waals surface area contributed by atoms with E-state index in [-0.39, 0.29) is 13.4 Å². The molecular weight excluding hydrogens is 563 g/mol. The average Bonchev–Trinajstić information content (AvgIpc) is 3.43. The van der Waals surface area contributed by atoms with Crippen molar-refractivity contribution in [2.75, 3.05) is 24.3 Å². The summed E-state index contributed by atoms with van der Waals surface area (Å²) in [5, 5.41) is 6.40. The lowest BCUT2D eigenvalue weighted by molar-refractivity contribution is -0.168. The highest BCUT2D eigenvalue weighted by Crippen LogP contribution is 2.44. The van der Waals surface area contributed by atoms with Gasteiger partial charge in [-0.2, -0.15) is 0 Å². The van der Waals surface area contributed by atoms with Crippen LogP contribution in [0.25, 0.3) is 10.8 Å². The minimum absolute atomic E-state index is 0.155. The minimum atomic E-state index is -1.62. The summed E-state index contributed by atoms with van der Waals surface area (Å²) in [4.78, 5) is 29.1. The van der Waals surface area contributed by atoms with E-state index in [4.69, 9.17) is 9.47 Å². The predicted molar refractivity (Wildman–Crippen MR) is 182 cm³/mol. The molecule has 6 rings (SSSR count). The lowest BCUT2D eigenvalue weighted by Gasteiger charge is -2.40. The molecule has 0 unspecified atom stereocenters. The van der Waals surface area contributed by atoms with Crippen LogP contribution < -0.4 is 15.5 Å². The van der Waals surface area contributed by atoms with Crippen LogP contribution in [0.1, 0.15) is 33.4 Å². The molecule has 1 aliphatic carbocycles. The van der Waals surface area contributed by atoms with E-state index in [0.29, 0.717) is 6.42 Å². The SMILES string of the molecule is COC(=O)C1(C(=O)OC)Cc2c(C)c(C[Si](C)(C)C)c(B3Nc4cccc5cccc(c45)N3Cc3ccccc3)c(C)c2C1. The van der Waals surface area contributed by atoms with Crippen LogP contribution in [0.5, 0.6) is 0 Å². The maximum atomic E-state index is 13.3. The first kappa shape index (κ1) is 30.0. The molecule has 1 heterocycles. The number of esters is 2. The normalized spacial score (nSPS) is 15.2. The third kappa shape index (κ3) is 4.89. The number of rotatable bonds is 7. The Balaban J connectivity index is 1.60. The van der Waals surface area contributed by atoms with Crippen molar-refractivity contribution >= 4 is 54.6 Å². The first-order valence-corrected chi connectivity index (χ1v) is 19.1. The number of hydrogen-bond donors (Lipinski definition) is 1. The Morgan fingerprint density at radius 2 is 1.48 bits per heavy atom. The Morgan fingerprint density at radius 3 is 2.09 bits per heavy atom. The molecule has 2 aliphatic rings. The molecule has 8 heteroatoms. The molecule has 0 spiro atoms. The third-order valence-corrected chi connectivity index (χ3v) is 10.9. The lowest BCUT2D eigenvalue weighted by Crippen LogP contribution is -2.58. The molecular formula is C36H41BN2O4Si. The molecule has 1 N–H and O–H groups in total. The van der Waals surface area contributed by atoms with Gasteiger partial charge in [0.2, 0.25) is 0 Å². The van der Waals surface area contributed by atoms with Crippen LogP contribution in [0.3, 0.4) is 0 Å². The van der Waals surface area contributed by atoms with Gasteiger partial charge in [-0.1, -0.05) is 74.2 Å². The number of benzene rings is 4. The topological polar surface area (TPSA) is 67.9 Å². The molecule has 4 aromatic rings. The van der Waals surface area contributed by atoms with Crippen LogP contribution in [0, 0.1) is 19.3 Å². The molecule has 0 saturated heterocycles. The van der Waals surface area contributed by atoms with Gasteiger partial charge < -0.3 is 19.5 Å². The van der Waals surface area contributed by atoms with E-state index >= 15 is 0 Å². The number of nitrogens with one attached hydrogen (secondary N) is 1. The zero-order valence-electron chi connectivity index (χ0n) is 26.8. The van der Waals surface area contributed by atoms with E-state index in [0.717, 1.165) is 35.0 Å². The second-order valence-corrected chi connectivity index (χ2v) is 19.1. The van der Waals surface area contributed by atoms with Crippen molar-refractivity contribution in [1.29, 1.82) is 0 Å². The van der Waals surface area contributed by atoms with Crippen LogP contribution in [0.15, 0.2) is 66.7 Å². The van der Waals surface area contributed by atoms with Gasteiger partial charge >= 0.3 is 18.9 Å². The van der Waals surface area contributed by atoms with Crippen molar-refractivity contribution in [2.45, 2.75) is 58.9 Å². The fourth-order valence-corrected chi connectivity index (χ4v) is 9.01. The summed E-state index contributed by atoms with van der Waals surface area (Å²) >= 11 is 0. The lowest BCUT2D eigenvalue weighted by atomic mass is 9.59. The maximum absolute atomic E-state index is 13.3. The zero-order chi connectivity index (χ0) is 31.4. The number of carbonyl (C=O) groups excluding carboxylic acids is 2. The van der Waals surface area contributed by atoms with E-state index in [1.807, 2.05) is 0 Å². The summed E-state index contributed by atoms with van der Waals surface area (Å²) in [7, 11) is 1.08. The van der Waals surface area contributed by atoms with Crippen LogP contribution in [0.2, 0.25) is 19.6 Å². The second-order valence-electron chi connectivity index (χ2n) is 13.6. The average molecular weight is 605 g/mol. The quantitative estimate of drug-likeness (QED) is 0.156. The van der Waals surface area contributed by atoms with Gasteiger partial charge in [0, 0.05) is 44.2 Å². The molecule has 4 aromatic carbocycles. The van der Waals surface area contributed by atoms with Crippen molar-refractivity contribution in [2.24, 2.45) is 5.41 Å². The molecule has 0 fully saturated rings. The Bertz CT molecular complexity index is 1760. The highest BCUT2D eigenvalue weighted by molar-refractivity contribution is 6.82. The monoisotopic (exact) mass is 604 g/mol. The molecule has 0 aromatic heterocycles. The molecule has 0 atom stereocenters. The largest absolute Gasteiger partial charge is 0.468 e. The Morgan fingerprint density at radius 1 is 0.864 bits per heavy atom. The molecule has 226 valence electrons. The van der Waals surface area contributed by atoms with E-state index in [2.05, 4.69) is 110 Å². The highest BCUT2D eigenvalue weighted by atomic mass is 28.3. The number of carbonyl (C=O) groups is 2. The smallest absolute Gasteiger partial charge is 0.409 e. The first-order chi connectivity index (χ1) is 21.0. The van der Waals surface area contributed by atoms with Gasteiger partial charge in [-0.05, 0) is 76.3 Å². The summed E-state index contributed by atoms with van der Waals surface area (Å²) < 4.78 is 10.5. The first-order valence-electron chi connectivity index (χ1n) is 15.4. The van der Waals surface area contributed by atoms with Gasteiger partial charge in [-0.3, -0.25) is 9.59 Å². The predicted octanol–water partition coefficient (Wildman–Crippen LogP) is 6.14. The number of hydrogen-bond acceptors (Lipinski definition) is 6. The van der Waals surface area contributed by atoms with Crippen LogP contribution >= 0.6 is 0 Å². The zero-order valence-corrected chi connectivity index (χ0v) is 27.8. The summed E-state index contributed by atoms with van der Waals surface area (Å²) in [5.41, 5.74) is 9.19. The van der Waals surface area contributed by atoms with Gasteiger partial charge in [0.1, 0.15) is 0 Å². The van der Waals surface area contributed by atoms with Crippen molar-refractivity contribution < 1.29 is 19.1 Å². The number of methoxy groups -OCH3 is 2. The molecule has 1 aliphatic heterocycles. The summed E-state index contributed by atoms with van der Waals surface area (Å²) in [6.45, 7) is 12.1. The second kappa shape index (κ2) is 11.2. The summed E-state index contributed by atoms with van der Waals surface area (Å²) in [6, 6.07) is 24.6. The number of anilines is 2. The van der Waals surface area contributed by atoms with Gasteiger partial charge in [0.25, 0.3) is 0 Å². The van der Waals surface area contributed by atoms with E-state index in [1.54, 1.807) is 0 Å². The van der Waals surface area contributed by atoms with Crippen LogP contribution in [-0.2, 0) is 44.5 Å². The Hall–Kier alpha value is -4.04. The Labute approximate surface area is 261 Å². The van der Waals surface area contributed by atoms with Gasteiger partial charge in [0.15, 0.2) is 5.41 Å². The van der Waals surface area contributed by atoms with Crippen molar-refractivity contribution in [3.05, 3.63) is 100 Å². The van der Waals surface area contributed by atoms with Gasteiger partial charge in [-0.25, -0.2) is 0 Å². The van der Waals surface area contributed by atoms with Gasteiger partial charge in [-0.15, -0.1) is 0 Å². The summed E-state index contributed by atoms with van der Waals surface area (Å²) in [5.74, 6) is -1.07. The molecule has 6 nitrogen and oxygen atoms in total. The van der Waals surface area contributed by atoms with Crippen molar-refractivity contribution in [1.82, 2.24) is 0 Å².